The number of hydrogen-bond acceptors (Lipinski definition) is 4. The van der Waals surface area contributed by atoms with Crippen LogP contribution in [0.5, 0.6) is 0 Å². The summed E-state index contributed by atoms with van der Waals surface area (Å²) in [5.74, 6) is 0.0476. The molecule has 0 saturated carbocycles. The van der Waals surface area contributed by atoms with Gasteiger partial charge in [0.15, 0.2) is 0 Å². The van der Waals surface area contributed by atoms with Crippen molar-refractivity contribution in [2.75, 3.05) is 37.9 Å². The van der Waals surface area contributed by atoms with E-state index in [0.717, 1.165) is 37.9 Å². The third kappa shape index (κ3) is 3.47. The zero-order valence-electron chi connectivity index (χ0n) is 12.9. The van der Waals surface area contributed by atoms with E-state index in [1.165, 1.54) is 0 Å². The lowest BCUT2D eigenvalue weighted by atomic mass is 10.1. The Morgan fingerprint density at radius 3 is 2.90 bits per heavy atom. The maximum atomic E-state index is 12.9. The standard InChI is InChI=1S/C16H25N3O2/c1-18(2)15-8-7-12(17)11-14(15)16(21)19-9-3-5-13(19)6-4-10-20/h7-8,11,13,20H,3-6,9-10,17H2,1-2H3. The Bertz CT molecular complexity index is 502. The van der Waals surface area contributed by atoms with Crippen LogP contribution >= 0.6 is 0 Å². The summed E-state index contributed by atoms with van der Waals surface area (Å²) in [5.41, 5.74) is 8.02. The van der Waals surface area contributed by atoms with Crippen molar-refractivity contribution >= 4 is 17.3 Å². The maximum Gasteiger partial charge on any atom is 0.256 e. The molecule has 5 heteroatoms. The number of nitrogens with zero attached hydrogens (tertiary/aromatic N) is 2. The highest BCUT2D eigenvalue weighted by Crippen LogP contribution is 2.28. The molecule has 0 spiro atoms. The first kappa shape index (κ1) is 15.6. The van der Waals surface area contributed by atoms with Crippen LogP contribution in [0.3, 0.4) is 0 Å². The molecule has 116 valence electrons. The molecule has 0 aliphatic carbocycles. The highest BCUT2D eigenvalue weighted by Gasteiger charge is 2.30. The van der Waals surface area contributed by atoms with Gasteiger partial charge >= 0.3 is 0 Å². The molecule has 0 radical (unpaired) electrons. The molecular weight excluding hydrogens is 266 g/mol. The molecule has 21 heavy (non-hydrogen) atoms. The number of nitrogen functional groups attached to an aromatic ring is 1. The molecule has 1 unspecified atom stereocenters. The van der Waals surface area contributed by atoms with Gasteiger partial charge in [-0.3, -0.25) is 4.79 Å². The second-order valence-corrected chi connectivity index (χ2v) is 5.83. The van der Waals surface area contributed by atoms with Crippen molar-refractivity contribution in [1.82, 2.24) is 4.90 Å². The van der Waals surface area contributed by atoms with Gasteiger partial charge in [0.25, 0.3) is 5.91 Å². The lowest BCUT2D eigenvalue weighted by Crippen LogP contribution is -2.36. The van der Waals surface area contributed by atoms with Crippen LogP contribution in [0.4, 0.5) is 11.4 Å². The summed E-state index contributed by atoms with van der Waals surface area (Å²) in [6.45, 7) is 0.969. The first-order chi connectivity index (χ1) is 10.0. The molecule has 0 bridgehead atoms. The molecule has 1 aliphatic rings. The van der Waals surface area contributed by atoms with Gasteiger partial charge in [0.2, 0.25) is 0 Å². The molecule has 0 aromatic heterocycles. The highest BCUT2D eigenvalue weighted by molar-refractivity contribution is 6.01. The smallest absolute Gasteiger partial charge is 0.256 e. The third-order valence-corrected chi connectivity index (χ3v) is 4.07. The Kier molecular flexibility index (Phi) is 5.07. The van der Waals surface area contributed by atoms with E-state index in [2.05, 4.69) is 0 Å². The average molecular weight is 291 g/mol. The van der Waals surface area contributed by atoms with E-state index in [9.17, 15) is 4.79 Å². The zero-order chi connectivity index (χ0) is 15.4. The fourth-order valence-electron chi connectivity index (χ4n) is 3.00. The van der Waals surface area contributed by atoms with Crippen molar-refractivity contribution in [1.29, 1.82) is 0 Å². The van der Waals surface area contributed by atoms with E-state index >= 15 is 0 Å². The molecular formula is C16H25N3O2. The number of benzene rings is 1. The first-order valence-corrected chi connectivity index (χ1v) is 7.53. The molecule has 1 fully saturated rings. The van der Waals surface area contributed by atoms with Crippen LogP contribution in [0.25, 0.3) is 0 Å². The van der Waals surface area contributed by atoms with E-state index in [1.54, 1.807) is 6.07 Å². The number of nitrogens with two attached hydrogens (primary N) is 1. The van der Waals surface area contributed by atoms with Crippen molar-refractivity contribution < 1.29 is 9.90 Å². The topological polar surface area (TPSA) is 69.8 Å². The Balaban J connectivity index is 2.24. The maximum absolute atomic E-state index is 12.9. The summed E-state index contributed by atoms with van der Waals surface area (Å²) in [6.07, 6.45) is 3.65. The van der Waals surface area contributed by atoms with Gasteiger partial charge < -0.3 is 20.6 Å². The second kappa shape index (κ2) is 6.80. The number of hydrogen-bond donors (Lipinski definition) is 2. The summed E-state index contributed by atoms with van der Waals surface area (Å²) < 4.78 is 0. The minimum atomic E-state index is 0.0476. The van der Waals surface area contributed by atoms with Gasteiger partial charge in [0.1, 0.15) is 0 Å². The summed E-state index contributed by atoms with van der Waals surface area (Å²) in [7, 11) is 3.85. The van der Waals surface area contributed by atoms with Gasteiger partial charge in [-0.05, 0) is 43.9 Å². The summed E-state index contributed by atoms with van der Waals surface area (Å²) in [6, 6.07) is 5.71. The molecule has 1 aromatic rings. The average Bonchev–Trinajstić information content (AvgIpc) is 2.92. The van der Waals surface area contributed by atoms with Crippen molar-refractivity contribution in [3.05, 3.63) is 23.8 Å². The van der Waals surface area contributed by atoms with E-state index in [0.29, 0.717) is 11.3 Å². The van der Waals surface area contributed by atoms with E-state index in [-0.39, 0.29) is 18.6 Å². The molecule has 1 atom stereocenters. The number of aliphatic hydroxyl groups is 1. The van der Waals surface area contributed by atoms with E-state index in [4.69, 9.17) is 10.8 Å². The molecule has 5 nitrogen and oxygen atoms in total. The molecule has 1 amide bonds. The number of rotatable bonds is 5. The Morgan fingerprint density at radius 1 is 1.48 bits per heavy atom. The van der Waals surface area contributed by atoms with Crippen molar-refractivity contribution in [3.8, 4) is 0 Å². The van der Waals surface area contributed by atoms with Gasteiger partial charge in [0.05, 0.1) is 5.56 Å². The monoisotopic (exact) mass is 291 g/mol. The Hall–Kier alpha value is -1.75. The fraction of sp³-hybridized carbons (Fsp3) is 0.562. The number of carbonyl (C=O) groups is 1. The van der Waals surface area contributed by atoms with Crippen molar-refractivity contribution in [2.24, 2.45) is 0 Å². The molecule has 1 saturated heterocycles. The van der Waals surface area contributed by atoms with Crippen LogP contribution in [0.2, 0.25) is 0 Å². The van der Waals surface area contributed by atoms with Crippen LogP contribution in [-0.4, -0.2) is 49.2 Å². The predicted molar refractivity (Wildman–Crippen MR) is 85.6 cm³/mol. The predicted octanol–water partition coefficient (Wildman–Crippen LogP) is 1.71. The lowest BCUT2D eigenvalue weighted by molar-refractivity contribution is 0.0725. The van der Waals surface area contributed by atoms with E-state index < -0.39 is 0 Å². The number of anilines is 2. The van der Waals surface area contributed by atoms with Gasteiger partial charge in [-0.25, -0.2) is 0 Å². The lowest BCUT2D eigenvalue weighted by Gasteiger charge is -2.27. The first-order valence-electron chi connectivity index (χ1n) is 7.53. The van der Waals surface area contributed by atoms with Crippen LogP contribution < -0.4 is 10.6 Å². The minimum absolute atomic E-state index is 0.0476. The van der Waals surface area contributed by atoms with Gasteiger partial charge in [0, 0.05) is 44.7 Å². The molecule has 1 heterocycles. The number of carbonyl (C=O) groups excluding carboxylic acids is 1. The summed E-state index contributed by atoms with van der Waals surface area (Å²) in [4.78, 5) is 16.8. The van der Waals surface area contributed by atoms with Crippen LogP contribution in [0.1, 0.15) is 36.0 Å². The quantitative estimate of drug-likeness (QED) is 0.810. The van der Waals surface area contributed by atoms with Crippen LogP contribution in [0.15, 0.2) is 18.2 Å². The molecule has 1 aliphatic heterocycles. The summed E-state index contributed by atoms with van der Waals surface area (Å²) in [5, 5.41) is 9.00. The Labute approximate surface area is 126 Å². The number of amides is 1. The summed E-state index contributed by atoms with van der Waals surface area (Å²) >= 11 is 0. The molecule has 2 rings (SSSR count). The fourth-order valence-corrected chi connectivity index (χ4v) is 3.00. The van der Waals surface area contributed by atoms with Crippen LogP contribution in [0, 0.1) is 0 Å². The van der Waals surface area contributed by atoms with Gasteiger partial charge in [-0.1, -0.05) is 0 Å². The zero-order valence-corrected chi connectivity index (χ0v) is 12.9. The van der Waals surface area contributed by atoms with Gasteiger partial charge in [-0.15, -0.1) is 0 Å². The SMILES string of the molecule is CN(C)c1ccc(N)cc1C(=O)N1CCCC1CCCO. The number of likely N-dealkylation sites (tertiary alicyclic amines) is 1. The normalized spacial score (nSPS) is 18.0. The third-order valence-electron chi connectivity index (χ3n) is 4.07. The van der Waals surface area contributed by atoms with Crippen LogP contribution in [-0.2, 0) is 0 Å². The van der Waals surface area contributed by atoms with Crippen molar-refractivity contribution in [3.63, 3.8) is 0 Å². The van der Waals surface area contributed by atoms with E-state index in [1.807, 2.05) is 36.0 Å². The van der Waals surface area contributed by atoms with Gasteiger partial charge in [-0.2, -0.15) is 0 Å². The second-order valence-electron chi connectivity index (χ2n) is 5.83. The molecule has 1 aromatic carbocycles. The van der Waals surface area contributed by atoms with Crippen molar-refractivity contribution in [2.45, 2.75) is 31.7 Å². The largest absolute Gasteiger partial charge is 0.399 e. The minimum Gasteiger partial charge on any atom is -0.399 e. The Morgan fingerprint density at radius 2 is 2.24 bits per heavy atom. The molecule has 3 N–H and O–H groups in total. The number of aliphatic hydroxyl groups excluding tert-OH is 1. The highest BCUT2D eigenvalue weighted by atomic mass is 16.3.